The molecule has 0 saturated heterocycles. The van der Waals surface area contributed by atoms with Gasteiger partial charge in [0.15, 0.2) is 12.2 Å². The maximum absolute atomic E-state index is 13.1. The predicted octanol–water partition coefficient (Wildman–Crippen LogP) is 23.9. The van der Waals surface area contributed by atoms with Crippen LogP contribution >= 0.6 is 15.6 Å². The standard InChI is InChI=1S/C80H156O17P2/c1-7-9-11-13-15-17-18-19-20-21-22-23-24-29-34-40-46-52-58-64-79(84)97-76(69-91-78(83)63-57-51-45-39-33-28-26-25-27-31-37-42-48-54-60-72(3)4)71-95-99(88,89)93-67-74(81)66-92-98(86,87)94-70-75(68-90-77(82)62-56-50-44-36-16-14-12-10-8-2)96-80(85)65-59-53-47-41-35-30-32-38-43-49-55-61-73(5)6/h72-76,81H,7-71H2,1-6H3,(H,86,87)(H,88,89)/t74-,75+,76+/m0/s1. The van der Waals surface area contributed by atoms with Crippen molar-refractivity contribution in [1.82, 2.24) is 0 Å². The van der Waals surface area contributed by atoms with Crippen molar-refractivity contribution < 1.29 is 80.2 Å². The maximum atomic E-state index is 13.1. The zero-order chi connectivity index (χ0) is 72.8. The highest BCUT2D eigenvalue weighted by Crippen LogP contribution is 2.45. The van der Waals surface area contributed by atoms with Gasteiger partial charge < -0.3 is 33.8 Å². The van der Waals surface area contributed by atoms with Gasteiger partial charge in [-0.2, -0.15) is 0 Å². The molecule has 17 nitrogen and oxygen atoms in total. The molecular weight excluding hydrogens is 1290 g/mol. The molecule has 0 aromatic rings. The molecule has 3 N–H and O–H groups in total. The van der Waals surface area contributed by atoms with Crippen molar-refractivity contribution >= 4 is 39.5 Å². The van der Waals surface area contributed by atoms with Gasteiger partial charge in [0.1, 0.15) is 19.3 Å². The van der Waals surface area contributed by atoms with Crippen LogP contribution in [0.25, 0.3) is 0 Å². The van der Waals surface area contributed by atoms with Crippen LogP contribution in [0.1, 0.15) is 420 Å². The zero-order valence-corrected chi connectivity index (χ0v) is 66.6. The molecule has 0 heterocycles. The summed E-state index contributed by atoms with van der Waals surface area (Å²) < 4.78 is 68.6. The van der Waals surface area contributed by atoms with Crippen LogP contribution in [0.5, 0.6) is 0 Å². The fourth-order valence-electron chi connectivity index (χ4n) is 12.4. The molecule has 0 aromatic heterocycles. The van der Waals surface area contributed by atoms with Gasteiger partial charge in [0.2, 0.25) is 0 Å². The first-order valence-electron chi connectivity index (χ1n) is 41.5. The minimum atomic E-state index is -4.96. The Morgan fingerprint density at radius 3 is 0.687 bits per heavy atom. The second-order valence-electron chi connectivity index (χ2n) is 29.8. The minimum Gasteiger partial charge on any atom is -0.462 e. The Morgan fingerprint density at radius 2 is 0.465 bits per heavy atom. The lowest BCUT2D eigenvalue weighted by Crippen LogP contribution is -2.30. The summed E-state index contributed by atoms with van der Waals surface area (Å²) in [5.41, 5.74) is 0. The lowest BCUT2D eigenvalue weighted by atomic mass is 10.0. The van der Waals surface area contributed by atoms with Crippen LogP contribution in [0.2, 0.25) is 0 Å². The van der Waals surface area contributed by atoms with Gasteiger partial charge >= 0.3 is 39.5 Å². The molecule has 588 valence electrons. The first-order valence-corrected chi connectivity index (χ1v) is 44.5. The average Bonchev–Trinajstić information content (AvgIpc) is 1.42. The van der Waals surface area contributed by atoms with Crippen molar-refractivity contribution in [2.24, 2.45) is 11.8 Å². The molecule has 0 saturated carbocycles. The Hall–Kier alpha value is -1.94. The highest BCUT2D eigenvalue weighted by atomic mass is 31.2. The second-order valence-corrected chi connectivity index (χ2v) is 32.7. The topological polar surface area (TPSA) is 237 Å². The van der Waals surface area contributed by atoms with Crippen molar-refractivity contribution in [2.45, 2.75) is 439 Å². The number of phosphoric ester groups is 2. The summed E-state index contributed by atoms with van der Waals surface area (Å²) >= 11 is 0. The predicted molar refractivity (Wildman–Crippen MR) is 405 cm³/mol. The lowest BCUT2D eigenvalue weighted by molar-refractivity contribution is -0.161. The van der Waals surface area contributed by atoms with Gasteiger partial charge in [-0.05, 0) is 37.5 Å². The van der Waals surface area contributed by atoms with Crippen molar-refractivity contribution in [1.29, 1.82) is 0 Å². The molecule has 0 bridgehead atoms. The number of aliphatic hydroxyl groups is 1. The number of phosphoric acid groups is 2. The number of carbonyl (C=O) groups is 4. The van der Waals surface area contributed by atoms with E-state index in [0.717, 1.165) is 102 Å². The number of esters is 4. The van der Waals surface area contributed by atoms with Gasteiger partial charge in [-0.3, -0.25) is 37.3 Å². The van der Waals surface area contributed by atoms with Crippen LogP contribution < -0.4 is 0 Å². The molecule has 99 heavy (non-hydrogen) atoms. The first-order chi connectivity index (χ1) is 47.9. The second kappa shape index (κ2) is 71.7. The summed E-state index contributed by atoms with van der Waals surface area (Å²) in [6.07, 6.45) is 61.0. The fraction of sp³-hybridized carbons (Fsp3) is 0.950. The number of ether oxygens (including phenoxy) is 4. The van der Waals surface area contributed by atoms with Gasteiger partial charge in [0.05, 0.1) is 26.4 Å². The molecule has 0 amide bonds. The highest BCUT2D eigenvalue weighted by molar-refractivity contribution is 7.47. The number of hydrogen-bond acceptors (Lipinski definition) is 15. The number of rotatable bonds is 79. The summed E-state index contributed by atoms with van der Waals surface area (Å²) in [6, 6.07) is 0. The van der Waals surface area contributed by atoms with Crippen LogP contribution in [0.3, 0.4) is 0 Å². The van der Waals surface area contributed by atoms with Crippen LogP contribution in [0.15, 0.2) is 0 Å². The molecular formula is C80H156O17P2. The van der Waals surface area contributed by atoms with Crippen molar-refractivity contribution in [2.75, 3.05) is 39.6 Å². The Morgan fingerprint density at radius 1 is 0.273 bits per heavy atom. The van der Waals surface area contributed by atoms with E-state index in [1.54, 1.807) is 0 Å². The Balaban J connectivity index is 5.22. The number of aliphatic hydroxyl groups excluding tert-OH is 1. The van der Waals surface area contributed by atoms with E-state index in [1.807, 2.05) is 0 Å². The van der Waals surface area contributed by atoms with E-state index in [0.29, 0.717) is 25.7 Å². The summed E-state index contributed by atoms with van der Waals surface area (Å²) in [7, 11) is -9.92. The van der Waals surface area contributed by atoms with E-state index >= 15 is 0 Å². The SMILES string of the molecule is CCCCCCCCCCCCCCCCCCCCCC(=O)O[C@H](COC(=O)CCCCCCCCCCCCCCCCC(C)C)COP(=O)(O)OC[C@@H](O)COP(=O)(O)OC[C@@H](COC(=O)CCCCCCCCCCC)OC(=O)CCCCCCCCCCCCCC(C)C. The minimum absolute atomic E-state index is 0.107. The van der Waals surface area contributed by atoms with Crippen LogP contribution in [-0.4, -0.2) is 96.7 Å². The zero-order valence-electron chi connectivity index (χ0n) is 64.8. The summed E-state index contributed by atoms with van der Waals surface area (Å²) in [6.45, 7) is 9.64. The van der Waals surface area contributed by atoms with E-state index in [2.05, 4.69) is 41.5 Å². The third-order valence-corrected chi connectivity index (χ3v) is 20.6. The molecule has 0 aliphatic rings. The molecule has 0 spiro atoms. The number of hydrogen-bond donors (Lipinski definition) is 3. The normalized spacial score (nSPS) is 13.9. The highest BCUT2D eigenvalue weighted by Gasteiger charge is 2.30. The van der Waals surface area contributed by atoms with Crippen LogP contribution in [0, 0.1) is 11.8 Å². The molecule has 0 aliphatic heterocycles. The Labute approximate surface area is 607 Å². The van der Waals surface area contributed by atoms with Gasteiger partial charge in [0, 0.05) is 25.7 Å². The van der Waals surface area contributed by atoms with E-state index in [9.17, 15) is 43.2 Å². The summed E-state index contributed by atoms with van der Waals surface area (Å²) in [5, 5.41) is 10.6. The van der Waals surface area contributed by atoms with E-state index in [1.165, 1.54) is 238 Å². The van der Waals surface area contributed by atoms with Gasteiger partial charge in [-0.15, -0.1) is 0 Å². The molecule has 5 atom stereocenters. The first kappa shape index (κ1) is 97.1. The van der Waals surface area contributed by atoms with Gasteiger partial charge in [-0.25, -0.2) is 9.13 Å². The smallest absolute Gasteiger partial charge is 0.462 e. The van der Waals surface area contributed by atoms with Crippen LogP contribution in [0.4, 0.5) is 0 Å². The van der Waals surface area contributed by atoms with Crippen molar-refractivity contribution in [3.63, 3.8) is 0 Å². The Kier molecular flexibility index (Phi) is 70.3. The van der Waals surface area contributed by atoms with Crippen molar-refractivity contribution in [3.8, 4) is 0 Å². The maximum Gasteiger partial charge on any atom is 0.472 e. The largest absolute Gasteiger partial charge is 0.472 e. The fourth-order valence-corrected chi connectivity index (χ4v) is 13.9. The molecule has 0 rings (SSSR count). The molecule has 0 aromatic carbocycles. The summed E-state index contributed by atoms with van der Waals surface area (Å²) in [5.74, 6) is -0.546. The third kappa shape index (κ3) is 74.1. The molecule has 19 heteroatoms. The molecule has 0 aliphatic carbocycles. The average molecular weight is 1450 g/mol. The van der Waals surface area contributed by atoms with Gasteiger partial charge in [-0.1, -0.05) is 369 Å². The lowest BCUT2D eigenvalue weighted by Gasteiger charge is -2.21. The molecule has 2 unspecified atom stereocenters. The van der Waals surface area contributed by atoms with E-state index in [4.69, 9.17) is 37.0 Å². The van der Waals surface area contributed by atoms with E-state index in [-0.39, 0.29) is 25.7 Å². The Bertz CT molecular complexity index is 1910. The van der Waals surface area contributed by atoms with Gasteiger partial charge in [0.25, 0.3) is 0 Å². The summed E-state index contributed by atoms with van der Waals surface area (Å²) in [4.78, 5) is 72.9. The van der Waals surface area contributed by atoms with Crippen molar-refractivity contribution in [3.05, 3.63) is 0 Å². The monoisotopic (exact) mass is 1450 g/mol. The molecule has 0 fully saturated rings. The van der Waals surface area contributed by atoms with Crippen LogP contribution in [-0.2, 0) is 65.4 Å². The third-order valence-electron chi connectivity index (χ3n) is 18.7. The van der Waals surface area contributed by atoms with E-state index < -0.39 is 97.5 Å². The molecule has 0 radical (unpaired) electrons. The quantitative estimate of drug-likeness (QED) is 0.0222. The number of unbranched alkanes of at least 4 members (excludes halogenated alkanes) is 49. The number of carbonyl (C=O) groups excluding carboxylic acids is 4.